The normalized spacial score (nSPS) is 18.1. The van der Waals surface area contributed by atoms with Gasteiger partial charge >= 0.3 is 6.18 Å². The summed E-state index contributed by atoms with van der Waals surface area (Å²) in [6.07, 6.45) is 1.77. The van der Waals surface area contributed by atoms with Crippen LogP contribution < -0.4 is 5.48 Å². The molecule has 1 aromatic carbocycles. The van der Waals surface area contributed by atoms with E-state index in [9.17, 15) is 18.0 Å². The van der Waals surface area contributed by atoms with Crippen molar-refractivity contribution in [2.24, 2.45) is 0 Å². The van der Waals surface area contributed by atoms with Gasteiger partial charge in [0.25, 0.3) is 5.91 Å². The minimum atomic E-state index is -4.42. The zero-order valence-corrected chi connectivity index (χ0v) is 15.1. The number of halogens is 3. The van der Waals surface area contributed by atoms with E-state index in [-0.39, 0.29) is 6.04 Å². The van der Waals surface area contributed by atoms with Crippen molar-refractivity contribution in [1.82, 2.24) is 20.2 Å². The first-order valence-corrected chi connectivity index (χ1v) is 8.93. The fraction of sp³-hybridized carbons (Fsp3) is 0.368. The quantitative estimate of drug-likeness (QED) is 0.448. The summed E-state index contributed by atoms with van der Waals surface area (Å²) >= 11 is 0. The lowest BCUT2D eigenvalue weighted by atomic mass is 10.0. The van der Waals surface area contributed by atoms with Crippen molar-refractivity contribution in [3.05, 3.63) is 59.4 Å². The summed E-state index contributed by atoms with van der Waals surface area (Å²) in [5.41, 5.74) is 2.61. The maximum Gasteiger partial charge on any atom is 0.435 e. The number of hydroxylamine groups is 1. The molecule has 1 aliphatic heterocycles. The van der Waals surface area contributed by atoms with Crippen molar-refractivity contribution in [3.63, 3.8) is 0 Å². The number of nitrogens with one attached hydrogen (secondary N) is 1. The van der Waals surface area contributed by atoms with Gasteiger partial charge in [-0.3, -0.25) is 19.6 Å². The van der Waals surface area contributed by atoms with Crippen molar-refractivity contribution in [3.8, 4) is 0 Å². The van der Waals surface area contributed by atoms with Crippen LogP contribution in [0.2, 0.25) is 0 Å². The van der Waals surface area contributed by atoms with Crippen molar-refractivity contribution in [1.29, 1.82) is 0 Å². The third-order valence-corrected chi connectivity index (χ3v) is 4.77. The van der Waals surface area contributed by atoms with Crippen molar-refractivity contribution in [2.45, 2.75) is 31.6 Å². The predicted molar refractivity (Wildman–Crippen MR) is 96.2 cm³/mol. The molecule has 150 valence electrons. The van der Waals surface area contributed by atoms with Gasteiger partial charge in [0.05, 0.1) is 6.54 Å². The number of benzene rings is 1. The molecule has 1 saturated heterocycles. The Hall–Kier alpha value is -2.65. The fourth-order valence-corrected chi connectivity index (χ4v) is 3.38. The molecule has 1 fully saturated rings. The second-order valence-corrected chi connectivity index (χ2v) is 6.63. The van der Waals surface area contributed by atoms with Gasteiger partial charge in [0.1, 0.15) is 0 Å². The summed E-state index contributed by atoms with van der Waals surface area (Å²) in [6, 6.07) is 8.93. The second kappa shape index (κ2) is 8.57. The summed E-state index contributed by atoms with van der Waals surface area (Å²) < 4.78 is 39.3. The molecule has 2 N–H and O–H groups in total. The number of likely N-dealkylation sites (tertiary alicyclic amines) is 1. The number of alkyl halides is 3. The number of carbonyl (C=O) groups excluding carboxylic acids is 1. The summed E-state index contributed by atoms with van der Waals surface area (Å²) in [5.74, 6) is -0.599. The zero-order valence-electron chi connectivity index (χ0n) is 15.1. The monoisotopic (exact) mass is 394 g/mol. The minimum Gasteiger partial charge on any atom is -0.294 e. The first-order chi connectivity index (χ1) is 13.4. The molecule has 0 saturated carbocycles. The van der Waals surface area contributed by atoms with E-state index < -0.39 is 17.8 Å². The van der Waals surface area contributed by atoms with E-state index in [1.54, 1.807) is 6.08 Å². The molecule has 0 aliphatic carbocycles. The Kier molecular flexibility index (Phi) is 6.15. The number of hydrogen-bond acceptors (Lipinski definition) is 4. The number of carbonyl (C=O) groups is 1. The van der Waals surface area contributed by atoms with Crippen LogP contribution in [0.15, 0.2) is 42.6 Å². The van der Waals surface area contributed by atoms with Crippen LogP contribution in [0.5, 0.6) is 0 Å². The molecule has 0 radical (unpaired) electrons. The van der Waals surface area contributed by atoms with Gasteiger partial charge in [-0.2, -0.15) is 18.3 Å². The highest BCUT2D eigenvalue weighted by Crippen LogP contribution is 2.32. The van der Waals surface area contributed by atoms with Gasteiger partial charge in [-0.25, -0.2) is 5.48 Å². The molecular formula is C19H21F3N4O2. The van der Waals surface area contributed by atoms with E-state index in [0.717, 1.165) is 36.6 Å². The molecule has 1 aliphatic rings. The van der Waals surface area contributed by atoms with Crippen molar-refractivity contribution in [2.75, 3.05) is 13.1 Å². The second-order valence-electron chi connectivity index (χ2n) is 6.63. The highest BCUT2D eigenvalue weighted by Gasteiger charge is 2.33. The molecule has 0 unspecified atom stereocenters. The highest BCUT2D eigenvalue weighted by atomic mass is 19.4. The zero-order chi connectivity index (χ0) is 20.1. The third-order valence-electron chi connectivity index (χ3n) is 4.77. The molecular weight excluding hydrogens is 373 g/mol. The largest absolute Gasteiger partial charge is 0.435 e. The van der Waals surface area contributed by atoms with Crippen LogP contribution in [0.3, 0.4) is 0 Å². The molecule has 3 rings (SSSR count). The summed E-state index contributed by atoms with van der Waals surface area (Å²) in [5, 5.41) is 12.1. The molecule has 2 heterocycles. The number of hydrogen-bond donors (Lipinski definition) is 2. The average Bonchev–Trinajstić information content (AvgIpc) is 3.33. The van der Waals surface area contributed by atoms with Gasteiger partial charge in [-0.05, 0) is 42.7 Å². The van der Waals surface area contributed by atoms with Crippen molar-refractivity contribution >= 4 is 12.0 Å². The number of amides is 1. The van der Waals surface area contributed by atoms with Crippen LogP contribution in [0.1, 0.15) is 35.7 Å². The van der Waals surface area contributed by atoms with Crippen LogP contribution in [-0.2, 0) is 17.5 Å². The average molecular weight is 394 g/mol. The lowest BCUT2D eigenvalue weighted by molar-refractivity contribution is -0.141. The lowest BCUT2D eigenvalue weighted by Gasteiger charge is -2.25. The number of rotatable bonds is 6. The van der Waals surface area contributed by atoms with E-state index >= 15 is 0 Å². The van der Waals surface area contributed by atoms with Crippen LogP contribution >= 0.6 is 0 Å². The Bertz CT molecular complexity index is 830. The highest BCUT2D eigenvalue weighted by molar-refractivity contribution is 5.90. The topological polar surface area (TPSA) is 70.4 Å². The molecule has 0 bridgehead atoms. The Morgan fingerprint density at radius 2 is 2.00 bits per heavy atom. The fourth-order valence-electron chi connectivity index (χ4n) is 3.38. The van der Waals surface area contributed by atoms with Crippen LogP contribution in [-0.4, -0.2) is 38.9 Å². The molecule has 1 amide bonds. The predicted octanol–water partition coefficient (Wildman–Crippen LogP) is 3.26. The first-order valence-electron chi connectivity index (χ1n) is 8.93. The van der Waals surface area contributed by atoms with Crippen LogP contribution in [0.4, 0.5) is 13.2 Å². The van der Waals surface area contributed by atoms with Crippen LogP contribution in [0, 0.1) is 0 Å². The summed E-state index contributed by atoms with van der Waals surface area (Å²) in [4.78, 5) is 13.3. The van der Waals surface area contributed by atoms with E-state index in [0.29, 0.717) is 13.1 Å². The SMILES string of the molecule is O=C(/C=C/c1ccc([C@@H]2CCCN2CCn2ccc(C(F)(F)F)n2)cc1)NO. The van der Waals surface area contributed by atoms with Gasteiger partial charge < -0.3 is 0 Å². The first kappa shape index (κ1) is 20.1. The third kappa shape index (κ3) is 4.99. The number of aromatic nitrogens is 2. The Balaban J connectivity index is 1.60. The van der Waals surface area contributed by atoms with E-state index in [1.807, 2.05) is 24.3 Å². The number of nitrogens with zero attached hydrogens (tertiary/aromatic N) is 3. The molecule has 9 heteroatoms. The maximum atomic E-state index is 12.7. The molecule has 6 nitrogen and oxygen atoms in total. The summed E-state index contributed by atoms with van der Waals surface area (Å²) in [7, 11) is 0. The Labute approximate surface area is 160 Å². The smallest absolute Gasteiger partial charge is 0.294 e. The van der Waals surface area contributed by atoms with Gasteiger partial charge in [-0.15, -0.1) is 0 Å². The molecule has 1 aromatic heterocycles. The molecule has 28 heavy (non-hydrogen) atoms. The van der Waals surface area contributed by atoms with Gasteiger partial charge in [-0.1, -0.05) is 24.3 Å². The van der Waals surface area contributed by atoms with E-state index in [4.69, 9.17) is 5.21 Å². The lowest BCUT2D eigenvalue weighted by Crippen LogP contribution is -2.27. The van der Waals surface area contributed by atoms with Gasteiger partial charge in [0, 0.05) is 24.9 Å². The molecule has 0 spiro atoms. The molecule has 1 atom stereocenters. The molecule has 2 aromatic rings. The van der Waals surface area contributed by atoms with Crippen molar-refractivity contribution < 1.29 is 23.2 Å². The standard InChI is InChI=1S/C19H21F3N4O2/c20-19(21,22)17-9-11-26(23-17)13-12-25-10-1-2-16(25)15-6-3-14(4-7-15)5-8-18(27)24-28/h3-9,11,16,28H,1-2,10,12-13H2,(H,24,27)/b8-5+/t16-/m0/s1. The van der Waals surface area contributed by atoms with E-state index in [2.05, 4.69) is 10.00 Å². The van der Waals surface area contributed by atoms with E-state index in [1.165, 1.54) is 22.4 Å². The Morgan fingerprint density at radius 3 is 2.64 bits per heavy atom. The minimum absolute atomic E-state index is 0.205. The van der Waals surface area contributed by atoms with Gasteiger partial charge in [0.2, 0.25) is 0 Å². The van der Waals surface area contributed by atoms with Gasteiger partial charge in [0.15, 0.2) is 5.69 Å². The van der Waals surface area contributed by atoms with Crippen LogP contribution in [0.25, 0.3) is 6.08 Å². The summed E-state index contributed by atoms with van der Waals surface area (Å²) in [6.45, 7) is 1.89. The Morgan fingerprint density at radius 1 is 1.25 bits per heavy atom. The maximum absolute atomic E-state index is 12.7.